The maximum atomic E-state index is 11.2. The molecule has 0 aliphatic carbocycles. The van der Waals surface area contributed by atoms with Gasteiger partial charge in [0.15, 0.2) is 0 Å². The Morgan fingerprint density at radius 2 is 1.50 bits per heavy atom. The van der Waals surface area contributed by atoms with Gasteiger partial charge in [0.05, 0.1) is 5.56 Å². The van der Waals surface area contributed by atoms with E-state index in [2.05, 4.69) is 17.8 Å². The monoisotopic (exact) mass is 318 g/mol. The molecule has 2 aromatic carbocycles. The van der Waals surface area contributed by atoms with Crippen LogP contribution in [0.4, 0.5) is 0 Å². The standard InChI is InChI=1S/C20H14O4/c1-4-16-5-7-17(8-6-16)9-10-18-13-19(23-14(2)21)11-12-20(18)24-15(3)22/h1,5-8,11-13H,2-3H3. The lowest BCUT2D eigenvalue weighted by molar-refractivity contribution is -0.133. The predicted octanol–water partition coefficient (Wildman–Crippen LogP) is 2.92. The third kappa shape index (κ3) is 4.76. The largest absolute Gasteiger partial charge is 0.427 e. The number of carbonyl (C=O) groups excluding carboxylic acids is 2. The van der Waals surface area contributed by atoms with Gasteiger partial charge in [-0.3, -0.25) is 9.59 Å². The second-order valence-corrected chi connectivity index (χ2v) is 4.82. The molecule has 0 radical (unpaired) electrons. The molecule has 0 saturated carbocycles. The lowest BCUT2D eigenvalue weighted by Crippen LogP contribution is -2.05. The molecule has 0 aliphatic rings. The summed E-state index contributed by atoms with van der Waals surface area (Å²) in [7, 11) is 0. The van der Waals surface area contributed by atoms with Crippen LogP contribution < -0.4 is 9.47 Å². The predicted molar refractivity (Wildman–Crippen MR) is 89.4 cm³/mol. The van der Waals surface area contributed by atoms with E-state index in [-0.39, 0.29) is 0 Å². The van der Waals surface area contributed by atoms with Gasteiger partial charge in [0, 0.05) is 31.0 Å². The Morgan fingerprint density at radius 3 is 2.08 bits per heavy atom. The van der Waals surface area contributed by atoms with E-state index in [0.29, 0.717) is 17.1 Å². The van der Waals surface area contributed by atoms with Crippen LogP contribution in [0, 0.1) is 24.2 Å². The van der Waals surface area contributed by atoms with Gasteiger partial charge < -0.3 is 9.47 Å². The van der Waals surface area contributed by atoms with E-state index < -0.39 is 11.9 Å². The van der Waals surface area contributed by atoms with Crippen LogP contribution in [0.15, 0.2) is 42.5 Å². The summed E-state index contributed by atoms with van der Waals surface area (Å²) in [5.74, 6) is 8.12. The summed E-state index contributed by atoms with van der Waals surface area (Å²) in [5, 5.41) is 0. The number of benzene rings is 2. The van der Waals surface area contributed by atoms with Gasteiger partial charge in [-0.2, -0.15) is 0 Å². The second-order valence-electron chi connectivity index (χ2n) is 4.82. The molecular weight excluding hydrogens is 304 g/mol. The first kappa shape index (κ1) is 16.9. The summed E-state index contributed by atoms with van der Waals surface area (Å²) in [4.78, 5) is 22.3. The molecule has 2 rings (SSSR count). The topological polar surface area (TPSA) is 52.6 Å². The first-order valence-electron chi connectivity index (χ1n) is 7.07. The fraction of sp³-hybridized carbons (Fsp3) is 0.100. The van der Waals surface area contributed by atoms with Crippen molar-refractivity contribution in [1.82, 2.24) is 0 Å². The summed E-state index contributed by atoms with van der Waals surface area (Å²) in [6.07, 6.45) is 5.31. The molecule has 0 aliphatic heterocycles. The zero-order valence-electron chi connectivity index (χ0n) is 13.3. The van der Waals surface area contributed by atoms with Crippen molar-refractivity contribution in [2.24, 2.45) is 0 Å². The molecule has 0 N–H and O–H groups in total. The van der Waals surface area contributed by atoms with Crippen molar-refractivity contribution >= 4 is 11.9 Å². The van der Waals surface area contributed by atoms with E-state index in [0.717, 1.165) is 11.1 Å². The molecule has 0 spiro atoms. The average Bonchev–Trinajstić information content (AvgIpc) is 2.54. The van der Waals surface area contributed by atoms with E-state index >= 15 is 0 Å². The normalized spacial score (nSPS) is 9.21. The molecule has 118 valence electrons. The van der Waals surface area contributed by atoms with Crippen molar-refractivity contribution in [3.63, 3.8) is 0 Å². The number of ether oxygens (including phenoxy) is 2. The van der Waals surface area contributed by atoms with Crippen molar-refractivity contribution < 1.29 is 19.1 Å². The minimum absolute atomic E-state index is 0.297. The van der Waals surface area contributed by atoms with Crippen LogP contribution in [0.1, 0.15) is 30.5 Å². The molecule has 0 amide bonds. The molecule has 0 unspecified atom stereocenters. The van der Waals surface area contributed by atoms with E-state index in [1.54, 1.807) is 30.3 Å². The molecule has 0 saturated heterocycles. The van der Waals surface area contributed by atoms with Crippen LogP contribution in [-0.4, -0.2) is 11.9 Å². The Hall–Kier alpha value is -3.50. The Balaban J connectivity index is 2.38. The molecule has 0 heterocycles. The van der Waals surface area contributed by atoms with Crippen molar-refractivity contribution in [2.45, 2.75) is 13.8 Å². The summed E-state index contributed by atoms with van der Waals surface area (Å²) >= 11 is 0. The first-order valence-corrected chi connectivity index (χ1v) is 7.07. The van der Waals surface area contributed by atoms with Gasteiger partial charge >= 0.3 is 11.9 Å². The lowest BCUT2D eigenvalue weighted by Gasteiger charge is -2.07. The summed E-state index contributed by atoms with van der Waals surface area (Å²) < 4.78 is 10.1. The number of rotatable bonds is 2. The van der Waals surface area contributed by atoms with Gasteiger partial charge in [-0.25, -0.2) is 0 Å². The first-order chi connectivity index (χ1) is 11.5. The van der Waals surface area contributed by atoms with Gasteiger partial charge in [-0.15, -0.1) is 6.42 Å². The summed E-state index contributed by atoms with van der Waals surface area (Å²) in [6, 6.07) is 11.8. The van der Waals surface area contributed by atoms with Crippen LogP contribution in [0.5, 0.6) is 11.5 Å². The lowest BCUT2D eigenvalue weighted by atomic mass is 10.1. The fourth-order valence-corrected chi connectivity index (χ4v) is 1.87. The van der Waals surface area contributed by atoms with Crippen LogP contribution in [-0.2, 0) is 9.59 Å². The number of terminal acetylenes is 1. The van der Waals surface area contributed by atoms with Crippen LogP contribution in [0.2, 0.25) is 0 Å². The average molecular weight is 318 g/mol. The van der Waals surface area contributed by atoms with Crippen molar-refractivity contribution in [2.75, 3.05) is 0 Å². The molecule has 0 aromatic heterocycles. The highest BCUT2D eigenvalue weighted by atomic mass is 16.5. The molecule has 0 atom stereocenters. The molecule has 4 heteroatoms. The number of carbonyl (C=O) groups is 2. The smallest absolute Gasteiger partial charge is 0.308 e. The summed E-state index contributed by atoms with van der Waals surface area (Å²) in [5.41, 5.74) is 1.95. The number of esters is 2. The van der Waals surface area contributed by atoms with E-state index in [9.17, 15) is 9.59 Å². The highest BCUT2D eigenvalue weighted by molar-refractivity contribution is 5.72. The molecule has 2 aromatic rings. The van der Waals surface area contributed by atoms with Crippen LogP contribution in [0.25, 0.3) is 0 Å². The molecule has 4 nitrogen and oxygen atoms in total. The SMILES string of the molecule is C#Cc1ccc(C#Cc2cc(OC(C)=O)ccc2OC(C)=O)cc1. The fourth-order valence-electron chi connectivity index (χ4n) is 1.87. The second kappa shape index (κ2) is 7.67. The Labute approximate surface area is 140 Å². The highest BCUT2D eigenvalue weighted by Crippen LogP contribution is 2.24. The number of hydrogen-bond acceptors (Lipinski definition) is 4. The molecular formula is C20H14O4. The van der Waals surface area contributed by atoms with Gasteiger partial charge in [-0.1, -0.05) is 17.8 Å². The maximum absolute atomic E-state index is 11.2. The van der Waals surface area contributed by atoms with Gasteiger partial charge in [0.1, 0.15) is 11.5 Å². The van der Waals surface area contributed by atoms with Crippen molar-refractivity contribution in [3.05, 3.63) is 59.2 Å². The van der Waals surface area contributed by atoms with Gasteiger partial charge in [0.25, 0.3) is 0 Å². The van der Waals surface area contributed by atoms with Crippen molar-refractivity contribution in [1.29, 1.82) is 0 Å². The Morgan fingerprint density at radius 1 is 0.875 bits per heavy atom. The maximum Gasteiger partial charge on any atom is 0.308 e. The Bertz CT molecular complexity index is 875. The molecule has 24 heavy (non-hydrogen) atoms. The minimum atomic E-state index is -0.461. The zero-order chi connectivity index (χ0) is 17.5. The Kier molecular flexibility index (Phi) is 5.39. The van der Waals surface area contributed by atoms with Gasteiger partial charge in [0.2, 0.25) is 0 Å². The quantitative estimate of drug-likeness (QED) is 0.485. The highest BCUT2D eigenvalue weighted by Gasteiger charge is 2.08. The van der Waals surface area contributed by atoms with Gasteiger partial charge in [-0.05, 0) is 36.4 Å². The van der Waals surface area contributed by atoms with E-state index in [1.807, 2.05) is 0 Å². The summed E-state index contributed by atoms with van der Waals surface area (Å²) in [6.45, 7) is 2.61. The molecule has 0 fully saturated rings. The third-order valence-corrected chi connectivity index (χ3v) is 2.86. The van der Waals surface area contributed by atoms with Crippen molar-refractivity contribution in [3.8, 4) is 35.7 Å². The van der Waals surface area contributed by atoms with Crippen LogP contribution >= 0.6 is 0 Å². The van der Waals surface area contributed by atoms with Crippen LogP contribution in [0.3, 0.4) is 0 Å². The van der Waals surface area contributed by atoms with E-state index in [4.69, 9.17) is 15.9 Å². The zero-order valence-corrected chi connectivity index (χ0v) is 13.3. The third-order valence-electron chi connectivity index (χ3n) is 2.86. The minimum Gasteiger partial charge on any atom is -0.427 e. The number of hydrogen-bond donors (Lipinski definition) is 0. The van der Waals surface area contributed by atoms with E-state index in [1.165, 1.54) is 26.0 Å². The molecule has 0 bridgehead atoms.